The van der Waals surface area contributed by atoms with Gasteiger partial charge in [-0.15, -0.1) is 0 Å². The van der Waals surface area contributed by atoms with Gasteiger partial charge in [0, 0.05) is 7.05 Å². The second-order valence-electron chi connectivity index (χ2n) is 3.45. The van der Waals surface area contributed by atoms with Gasteiger partial charge >= 0.3 is 0 Å². The van der Waals surface area contributed by atoms with E-state index in [-0.39, 0.29) is 5.91 Å². The Morgan fingerprint density at radius 1 is 1.36 bits per heavy atom. The van der Waals surface area contributed by atoms with Crippen molar-refractivity contribution in [2.24, 2.45) is 5.73 Å². The Bertz CT molecular complexity index is 150. The first-order chi connectivity index (χ1) is 6.74. The first-order valence-electron chi connectivity index (χ1n) is 5.37. The van der Waals surface area contributed by atoms with Crippen LogP contribution in [0.4, 0.5) is 0 Å². The highest BCUT2D eigenvalue weighted by atomic mass is 16.1. The number of rotatable bonds is 8. The minimum absolute atomic E-state index is 0.0891. The summed E-state index contributed by atoms with van der Waals surface area (Å²) in [6, 6.07) is 0. The molecule has 14 heavy (non-hydrogen) atoms. The Labute approximate surface area is 86.8 Å². The molecule has 3 N–H and O–H groups in total. The number of carbonyl (C=O) groups is 1. The Hall–Kier alpha value is -0.610. The number of likely N-dealkylation sites (N-methyl/N-ethyl adjacent to an activating group) is 1. The lowest BCUT2D eigenvalue weighted by Gasteiger charge is -2.20. The molecule has 0 aliphatic heterocycles. The third kappa shape index (κ3) is 6.86. The molecule has 0 aromatic rings. The van der Waals surface area contributed by atoms with Crippen molar-refractivity contribution in [1.29, 1.82) is 0 Å². The van der Waals surface area contributed by atoms with Gasteiger partial charge in [-0.2, -0.15) is 0 Å². The van der Waals surface area contributed by atoms with Gasteiger partial charge in [-0.3, -0.25) is 9.69 Å². The van der Waals surface area contributed by atoms with Crippen molar-refractivity contribution in [3.8, 4) is 0 Å². The Morgan fingerprint density at radius 2 is 2.07 bits per heavy atom. The van der Waals surface area contributed by atoms with Gasteiger partial charge in [0.25, 0.3) is 0 Å². The summed E-state index contributed by atoms with van der Waals surface area (Å²) in [5, 5.41) is 2.64. The number of nitrogens with two attached hydrogens (primary N) is 1. The lowest BCUT2D eigenvalue weighted by molar-refractivity contribution is -0.121. The van der Waals surface area contributed by atoms with Crippen molar-refractivity contribution in [3.63, 3.8) is 0 Å². The van der Waals surface area contributed by atoms with Crippen molar-refractivity contribution in [2.75, 3.05) is 33.2 Å². The molecule has 0 aliphatic carbocycles. The maximum absolute atomic E-state index is 11.2. The highest BCUT2D eigenvalue weighted by molar-refractivity contribution is 5.77. The summed E-state index contributed by atoms with van der Waals surface area (Å²) < 4.78 is 0. The molecule has 0 rings (SSSR count). The molecule has 0 saturated heterocycles. The van der Waals surface area contributed by atoms with Crippen LogP contribution in [-0.2, 0) is 4.79 Å². The van der Waals surface area contributed by atoms with E-state index in [4.69, 9.17) is 5.73 Å². The average Bonchev–Trinajstić information content (AvgIpc) is 2.18. The molecule has 0 fully saturated rings. The molecule has 0 bridgehead atoms. The van der Waals surface area contributed by atoms with E-state index in [0.29, 0.717) is 6.54 Å². The minimum atomic E-state index is 0.0891. The first kappa shape index (κ1) is 13.4. The number of nitrogens with zero attached hydrogens (tertiary/aromatic N) is 1. The smallest absolute Gasteiger partial charge is 0.233 e. The van der Waals surface area contributed by atoms with Crippen LogP contribution in [0.3, 0.4) is 0 Å². The molecule has 0 aliphatic rings. The van der Waals surface area contributed by atoms with E-state index in [9.17, 15) is 4.79 Å². The maximum Gasteiger partial charge on any atom is 0.233 e. The van der Waals surface area contributed by atoms with Crippen LogP contribution >= 0.6 is 0 Å². The molecule has 0 atom stereocenters. The van der Waals surface area contributed by atoms with E-state index in [1.165, 1.54) is 0 Å². The number of hydrogen-bond donors (Lipinski definition) is 2. The van der Waals surface area contributed by atoms with E-state index >= 15 is 0 Å². The van der Waals surface area contributed by atoms with E-state index in [1.807, 2.05) is 0 Å². The number of amides is 1. The van der Waals surface area contributed by atoms with Gasteiger partial charge in [0.05, 0.1) is 6.54 Å². The largest absolute Gasteiger partial charge is 0.358 e. The summed E-state index contributed by atoms with van der Waals surface area (Å²) in [6.45, 7) is 5.32. The lowest BCUT2D eigenvalue weighted by atomic mass is 10.2. The molecule has 0 spiro atoms. The quantitative estimate of drug-likeness (QED) is 0.551. The predicted molar refractivity (Wildman–Crippen MR) is 59.1 cm³/mol. The topological polar surface area (TPSA) is 58.4 Å². The summed E-state index contributed by atoms with van der Waals surface area (Å²) in [6.07, 6.45) is 3.20. The monoisotopic (exact) mass is 201 g/mol. The highest BCUT2D eigenvalue weighted by Gasteiger charge is 2.07. The van der Waals surface area contributed by atoms with Gasteiger partial charge in [0.15, 0.2) is 0 Å². The lowest BCUT2D eigenvalue weighted by Crippen LogP contribution is -2.36. The molecule has 0 saturated carbocycles. The van der Waals surface area contributed by atoms with Gasteiger partial charge in [-0.05, 0) is 38.9 Å². The summed E-state index contributed by atoms with van der Waals surface area (Å²) in [4.78, 5) is 13.3. The van der Waals surface area contributed by atoms with Crippen LogP contribution in [-0.4, -0.2) is 44.0 Å². The molecule has 0 heterocycles. The molecule has 0 radical (unpaired) electrons. The van der Waals surface area contributed by atoms with Crippen molar-refractivity contribution >= 4 is 5.91 Å². The molecule has 4 heteroatoms. The van der Waals surface area contributed by atoms with Gasteiger partial charge in [-0.25, -0.2) is 0 Å². The zero-order chi connectivity index (χ0) is 10.8. The van der Waals surface area contributed by atoms with E-state index in [1.54, 1.807) is 7.05 Å². The van der Waals surface area contributed by atoms with Crippen molar-refractivity contribution in [2.45, 2.75) is 26.2 Å². The molecule has 0 unspecified atom stereocenters. The molecular weight excluding hydrogens is 178 g/mol. The predicted octanol–water partition coefficient (Wildman–Crippen LogP) is 0.183. The van der Waals surface area contributed by atoms with Gasteiger partial charge in [0.1, 0.15) is 0 Å². The fourth-order valence-electron chi connectivity index (χ4n) is 1.35. The first-order valence-corrected chi connectivity index (χ1v) is 5.37. The van der Waals surface area contributed by atoms with Crippen LogP contribution in [0, 0.1) is 0 Å². The second-order valence-corrected chi connectivity index (χ2v) is 3.45. The SMILES string of the molecule is CCCN(CCCCN)CC(=O)NC. The Kier molecular flexibility index (Phi) is 8.57. The minimum Gasteiger partial charge on any atom is -0.358 e. The van der Waals surface area contributed by atoms with Crippen molar-refractivity contribution in [3.05, 3.63) is 0 Å². The van der Waals surface area contributed by atoms with Crippen LogP contribution in [0.25, 0.3) is 0 Å². The van der Waals surface area contributed by atoms with E-state index < -0.39 is 0 Å². The van der Waals surface area contributed by atoms with Gasteiger partial charge < -0.3 is 11.1 Å². The average molecular weight is 201 g/mol. The number of hydrogen-bond acceptors (Lipinski definition) is 3. The molecule has 4 nitrogen and oxygen atoms in total. The Balaban J connectivity index is 3.70. The molecular formula is C10H23N3O. The van der Waals surface area contributed by atoms with Crippen LogP contribution in [0.5, 0.6) is 0 Å². The number of carbonyl (C=O) groups excluding carboxylic acids is 1. The van der Waals surface area contributed by atoms with Gasteiger partial charge in [-0.1, -0.05) is 6.92 Å². The third-order valence-electron chi connectivity index (χ3n) is 2.11. The van der Waals surface area contributed by atoms with E-state index in [2.05, 4.69) is 17.1 Å². The summed E-state index contributed by atoms with van der Waals surface area (Å²) in [7, 11) is 1.67. The molecule has 0 aromatic heterocycles. The molecule has 1 amide bonds. The van der Waals surface area contributed by atoms with Crippen LogP contribution in [0.1, 0.15) is 26.2 Å². The Morgan fingerprint density at radius 3 is 2.57 bits per heavy atom. The van der Waals surface area contributed by atoms with Gasteiger partial charge in [0.2, 0.25) is 5.91 Å². The molecule has 0 aromatic carbocycles. The van der Waals surface area contributed by atoms with Crippen molar-refractivity contribution in [1.82, 2.24) is 10.2 Å². The standard InChI is InChI=1S/C10H23N3O/c1-3-7-13(8-5-4-6-11)9-10(14)12-2/h3-9,11H2,1-2H3,(H,12,14). The number of unbranched alkanes of at least 4 members (excludes halogenated alkanes) is 1. The van der Waals surface area contributed by atoms with Crippen LogP contribution in [0.15, 0.2) is 0 Å². The van der Waals surface area contributed by atoms with Crippen molar-refractivity contribution < 1.29 is 4.79 Å². The second kappa shape index (κ2) is 8.97. The summed E-state index contributed by atoms with van der Waals surface area (Å²) in [5.74, 6) is 0.0891. The van der Waals surface area contributed by atoms with Crippen LogP contribution < -0.4 is 11.1 Å². The molecule has 84 valence electrons. The summed E-state index contributed by atoms with van der Waals surface area (Å²) in [5.41, 5.74) is 5.42. The third-order valence-corrected chi connectivity index (χ3v) is 2.11. The number of nitrogens with one attached hydrogen (secondary N) is 1. The van der Waals surface area contributed by atoms with E-state index in [0.717, 1.165) is 38.9 Å². The normalized spacial score (nSPS) is 10.6. The zero-order valence-electron chi connectivity index (χ0n) is 9.38. The maximum atomic E-state index is 11.2. The summed E-state index contributed by atoms with van der Waals surface area (Å²) >= 11 is 0. The highest BCUT2D eigenvalue weighted by Crippen LogP contribution is 1.96. The fraction of sp³-hybridized carbons (Fsp3) is 0.900. The zero-order valence-corrected chi connectivity index (χ0v) is 9.38. The van der Waals surface area contributed by atoms with Crippen LogP contribution in [0.2, 0.25) is 0 Å². The fourth-order valence-corrected chi connectivity index (χ4v) is 1.35.